The third kappa shape index (κ3) is 3.13. The van der Waals surface area contributed by atoms with E-state index in [9.17, 15) is 9.50 Å². The number of nitrogens with one attached hydrogen (secondary N) is 1. The van der Waals surface area contributed by atoms with E-state index in [2.05, 4.69) is 5.32 Å². The molecule has 3 rings (SSSR count). The zero-order valence-corrected chi connectivity index (χ0v) is 13.7. The number of halogens is 1. The number of hydrogen-bond acceptors (Lipinski definition) is 3. The van der Waals surface area contributed by atoms with E-state index in [0.29, 0.717) is 6.54 Å². The van der Waals surface area contributed by atoms with E-state index in [4.69, 9.17) is 4.74 Å². The van der Waals surface area contributed by atoms with Gasteiger partial charge in [-0.2, -0.15) is 0 Å². The zero-order chi connectivity index (χ0) is 17.1. The third-order valence-corrected chi connectivity index (χ3v) is 4.20. The maximum atomic E-state index is 13.7. The second kappa shape index (κ2) is 7.03. The smallest absolute Gasteiger partial charge is 0.123 e. The minimum Gasteiger partial charge on any atom is -0.497 e. The summed E-state index contributed by atoms with van der Waals surface area (Å²) in [6, 6.07) is 13.7. The summed E-state index contributed by atoms with van der Waals surface area (Å²) in [7, 11) is 3.40. The Hall–Kier alpha value is -2.37. The van der Waals surface area contributed by atoms with Gasteiger partial charge in [0, 0.05) is 18.8 Å². The van der Waals surface area contributed by atoms with Crippen LogP contribution in [0.5, 0.6) is 5.75 Å². The van der Waals surface area contributed by atoms with Crippen LogP contribution in [0.1, 0.15) is 11.6 Å². The average molecular weight is 328 g/mol. The lowest BCUT2D eigenvalue weighted by molar-refractivity contribution is 0.132. The van der Waals surface area contributed by atoms with Crippen molar-refractivity contribution in [2.45, 2.75) is 12.1 Å². The van der Waals surface area contributed by atoms with Crippen molar-refractivity contribution in [1.82, 2.24) is 9.88 Å². The van der Waals surface area contributed by atoms with Crippen LogP contribution >= 0.6 is 0 Å². The molecule has 1 heterocycles. The van der Waals surface area contributed by atoms with Crippen LogP contribution in [0.2, 0.25) is 0 Å². The molecule has 0 amide bonds. The van der Waals surface area contributed by atoms with E-state index >= 15 is 0 Å². The van der Waals surface area contributed by atoms with Gasteiger partial charge in [-0.3, -0.25) is 0 Å². The topological polar surface area (TPSA) is 46.4 Å². The molecule has 0 bridgehead atoms. The Kier molecular flexibility index (Phi) is 4.83. The number of rotatable bonds is 6. The van der Waals surface area contributed by atoms with Gasteiger partial charge in [0.05, 0.1) is 24.8 Å². The second-order valence-corrected chi connectivity index (χ2v) is 5.77. The predicted molar refractivity (Wildman–Crippen MR) is 93.0 cm³/mol. The summed E-state index contributed by atoms with van der Waals surface area (Å²) >= 11 is 0. The van der Waals surface area contributed by atoms with Gasteiger partial charge in [-0.1, -0.05) is 12.1 Å². The molecule has 2 N–H and O–H groups in total. The van der Waals surface area contributed by atoms with E-state index in [1.165, 1.54) is 12.1 Å². The van der Waals surface area contributed by atoms with Gasteiger partial charge in [0.2, 0.25) is 0 Å². The largest absolute Gasteiger partial charge is 0.497 e. The summed E-state index contributed by atoms with van der Waals surface area (Å²) in [6.07, 6.45) is 1.21. The minimum atomic E-state index is -0.710. The molecule has 0 spiro atoms. The third-order valence-electron chi connectivity index (χ3n) is 4.20. The second-order valence-electron chi connectivity index (χ2n) is 5.77. The van der Waals surface area contributed by atoms with E-state index < -0.39 is 12.1 Å². The fourth-order valence-corrected chi connectivity index (χ4v) is 3.08. The van der Waals surface area contributed by atoms with Crippen molar-refractivity contribution >= 4 is 10.9 Å². The summed E-state index contributed by atoms with van der Waals surface area (Å²) in [5.41, 5.74) is 1.65. The Morgan fingerprint density at radius 3 is 2.75 bits per heavy atom. The molecule has 0 fully saturated rings. The van der Waals surface area contributed by atoms with Crippen molar-refractivity contribution in [2.75, 3.05) is 20.7 Å². The fraction of sp³-hybridized carbons (Fsp3) is 0.263. The number of benzene rings is 2. The quantitative estimate of drug-likeness (QED) is 0.731. The van der Waals surface area contributed by atoms with Gasteiger partial charge in [0.25, 0.3) is 0 Å². The number of likely N-dealkylation sites (N-methyl/N-ethyl adjacent to an activating group) is 1. The van der Waals surface area contributed by atoms with Gasteiger partial charge in [-0.25, -0.2) is 4.39 Å². The van der Waals surface area contributed by atoms with E-state index in [1.54, 1.807) is 20.2 Å². The number of aromatic nitrogens is 1. The van der Waals surface area contributed by atoms with Crippen LogP contribution in [-0.4, -0.2) is 36.5 Å². The maximum absolute atomic E-state index is 13.7. The fourth-order valence-electron chi connectivity index (χ4n) is 3.08. The Labute approximate surface area is 140 Å². The highest BCUT2D eigenvalue weighted by molar-refractivity contribution is 5.82. The van der Waals surface area contributed by atoms with E-state index in [1.807, 2.05) is 41.1 Å². The molecule has 126 valence electrons. The summed E-state index contributed by atoms with van der Waals surface area (Å²) in [5.74, 6) is 0.423. The normalized spacial score (nSPS) is 13.8. The lowest BCUT2D eigenvalue weighted by atomic mass is 10.0. The van der Waals surface area contributed by atoms with Crippen LogP contribution in [0.25, 0.3) is 10.9 Å². The molecule has 5 heteroatoms. The first-order chi connectivity index (χ1) is 11.6. The molecule has 0 saturated carbocycles. The number of aliphatic hydroxyl groups excluding tert-OH is 1. The summed E-state index contributed by atoms with van der Waals surface area (Å²) in [4.78, 5) is 0. The standard InChI is InChI=1S/C19H21FN2O2/c1-21-12-18(23)19(14-4-3-5-15(20)10-14)22-9-8-13-6-7-16(24-2)11-17(13)22/h3-11,18-19,21,23H,12H2,1-2H3/t18-,19+/m1/s1. The highest BCUT2D eigenvalue weighted by atomic mass is 19.1. The van der Waals surface area contributed by atoms with Crippen LogP contribution in [0, 0.1) is 5.82 Å². The lowest BCUT2D eigenvalue weighted by Crippen LogP contribution is -2.33. The molecule has 3 aromatic rings. The van der Waals surface area contributed by atoms with E-state index in [0.717, 1.165) is 22.2 Å². The first-order valence-electron chi connectivity index (χ1n) is 7.86. The highest BCUT2D eigenvalue weighted by Crippen LogP contribution is 2.30. The van der Waals surface area contributed by atoms with Gasteiger partial charge in [0.15, 0.2) is 0 Å². The summed E-state index contributed by atoms with van der Waals surface area (Å²) in [6.45, 7) is 0.394. The molecule has 24 heavy (non-hydrogen) atoms. The van der Waals surface area contributed by atoms with Crippen LogP contribution in [0.4, 0.5) is 4.39 Å². The molecule has 0 unspecified atom stereocenters. The van der Waals surface area contributed by atoms with Crippen molar-refractivity contribution in [2.24, 2.45) is 0 Å². The van der Waals surface area contributed by atoms with Gasteiger partial charge in [0.1, 0.15) is 11.6 Å². The maximum Gasteiger partial charge on any atom is 0.123 e. The highest BCUT2D eigenvalue weighted by Gasteiger charge is 2.24. The Morgan fingerprint density at radius 1 is 1.21 bits per heavy atom. The Balaban J connectivity index is 2.15. The summed E-state index contributed by atoms with van der Waals surface area (Å²) in [5, 5.41) is 14.7. The molecule has 2 atom stereocenters. The molecule has 0 aliphatic heterocycles. The van der Waals surface area contributed by atoms with Gasteiger partial charge >= 0.3 is 0 Å². The molecule has 0 aliphatic carbocycles. The molecular formula is C19H21FN2O2. The van der Waals surface area contributed by atoms with Crippen molar-refractivity contribution in [3.63, 3.8) is 0 Å². The molecular weight excluding hydrogens is 307 g/mol. The van der Waals surface area contributed by atoms with Crippen LogP contribution in [-0.2, 0) is 0 Å². The lowest BCUT2D eigenvalue weighted by Gasteiger charge is -2.26. The monoisotopic (exact) mass is 328 g/mol. The molecule has 1 aromatic heterocycles. The van der Waals surface area contributed by atoms with Crippen molar-refractivity contribution in [3.8, 4) is 5.75 Å². The number of hydrogen-bond donors (Lipinski definition) is 2. The van der Waals surface area contributed by atoms with Crippen LogP contribution in [0.15, 0.2) is 54.7 Å². The molecule has 2 aromatic carbocycles. The minimum absolute atomic E-state index is 0.316. The van der Waals surface area contributed by atoms with Crippen LogP contribution in [0.3, 0.4) is 0 Å². The molecule has 0 radical (unpaired) electrons. The zero-order valence-electron chi connectivity index (χ0n) is 13.7. The number of ether oxygens (including phenoxy) is 1. The first-order valence-corrected chi connectivity index (χ1v) is 7.86. The average Bonchev–Trinajstić information content (AvgIpc) is 2.98. The number of methoxy groups -OCH3 is 1. The van der Waals surface area contributed by atoms with Gasteiger partial charge < -0.3 is 19.7 Å². The Bertz CT molecular complexity index is 831. The van der Waals surface area contributed by atoms with Crippen molar-refractivity contribution in [1.29, 1.82) is 0 Å². The first kappa shape index (κ1) is 16.5. The Morgan fingerprint density at radius 2 is 2.04 bits per heavy atom. The molecule has 4 nitrogen and oxygen atoms in total. The van der Waals surface area contributed by atoms with Gasteiger partial charge in [-0.15, -0.1) is 0 Å². The number of fused-ring (bicyclic) bond motifs is 1. The number of aliphatic hydroxyl groups is 1. The predicted octanol–water partition coefficient (Wildman–Crippen LogP) is 2.96. The van der Waals surface area contributed by atoms with Gasteiger partial charge in [-0.05, 0) is 48.3 Å². The van der Waals surface area contributed by atoms with Crippen molar-refractivity contribution < 1.29 is 14.2 Å². The summed E-state index contributed by atoms with van der Waals surface area (Å²) < 4.78 is 21.0. The van der Waals surface area contributed by atoms with Crippen molar-refractivity contribution in [3.05, 3.63) is 66.1 Å². The van der Waals surface area contributed by atoms with Crippen LogP contribution < -0.4 is 10.1 Å². The van der Waals surface area contributed by atoms with E-state index in [-0.39, 0.29) is 5.82 Å². The number of nitrogens with zero attached hydrogens (tertiary/aromatic N) is 1. The SMILES string of the molecule is CNC[C@@H](O)[C@H](c1cccc(F)c1)n1ccc2ccc(OC)cc21. The molecule has 0 saturated heterocycles. The molecule has 0 aliphatic rings.